The molecule has 0 saturated carbocycles. The summed E-state index contributed by atoms with van der Waals surface area (Å²) in [6.45, 7) is 1.01. The van der Waals surface area contributed by atoms with Crippen LogP contribution in [-0.4, -0.2) is 56.0 Å². The van der Waals surface area contributed by atoms with Gasteiger partial charge in [0.1, 0.15) is 5.58 Å². The SMILES string of the molecule is COC(=O)c1ccc(C2c3c(oc4ccc(Cl)cc4c3=O)C(=O)N2CCN(C)C)cc1. The summed E-state index contributed by atoms with van der Waals surface area (Å²) in [5.74, 6) is -0.757. The highest BCUT2D eigenvalue weighted by Crippen LogP contribution is 2.38. The van der Waals surface area contributed by atoms with Crippen LogP contribution in [0.3, 0.4) is 0 Å². The average Bonchev–Trinajstić information content (AvgIpc) is 3.04. The molecule has 7 nitrogen and oxygen atoms in total. The highest BCUT2D eigenvalue weighted by molar-refractivity contribution is 6.31. The summed E-state index contributed by atoms with van der Waals surface area (Å²) < 4.78 is 10.6. The molecule has 0 N–H and O–H groups in total. The lowest BCUT2D eigenvalue weighted by atomic mass is 9.97. The fourth-order valence-corrected chi connectivity index (χ4v) is 3.97. The smallest absolute Gasteiger partial charge is 0.337 e. The molecule has 2 heterocycles. The summed E-state index contributed by atoms with van der Waals surface area (Å²) in [6, 6.07) is 10.8. The molecule has 0 aliphatic carbocycles. The van der Waals surface area contributed by atoms with E-state index in [0.29, 0.717) is 40.2 Å². The molecule has 0 bridgehead atoms. The molecule has 8 heteroatoms. The number of fused-ring (bicyclic) bond motifs is 2. The van der Waals surface area contributed by atoms with E-state index in [4.69, 9.17) is 20.8 Å². The van der Waals surface area contributed by atoms with Crippen molar-refractivity contribution in [3.63, 3.8) is 0 Å². The van der Waals surface area contributed by atoms with Gasteiger partial charge in [0.25, 0.3) is 5.91 Å². The predicted molar refractivity (Wildman–Crippen MR) is 117 cm³/mol. The minimum atomic E-state index is -0.631. The van der Waals surface area contributed by atoms with Crippen molar-refractivity contribution in [3.8, 4) is 0 Å². The molecule has 1 amide bonds. The summed E-state index contributed by atoms with van der Waals surface area (Å²) in [5.41, 5.74) is 1.39. The molecule has 0 spiro atoms. The van der Waals surface area contributed by atoms with Crippen LogP contribution in [0, 0.1) is 0 Å². The molecule has 0 radical (unpaired) electrons. The third-order valence-electron chi connectivity index (χ3n) is 5.36. The minimum Gasteiger partial charge on any atom is -0.465 e. The number of hydrogen-bond acceptors (Lipinski definition) is 6. The molecular formula is C23H21ClN2O5. The van der Waals surface area contributed by atoms with E-state index in [1.165, 1.54) is 7.11 Å². The number of likely N-dealkylation sites (N-methyl/N-ethyl adjacent to an activating group) is 1. The molecule has 1 aliphatic rings. The number of benzene rings is 2. The molecule has 31 heavy (non-hydrogen) atoms. The van der Waals surface area contributed by atoms with E-state index in [0.717, 1.165) is 0 Å². The second-order valence-electron chi connectivity index (χ2n) is 7.63. The van der Waals surface area contributed by atoms with Gasteiger partial charge in [0.2, 0.25) is 5.76 Å². The van der Waals surface area contributed by atoms with Crippen molar-refractivity contribution in [1.82, 2.24) is 9.80 Å². The highest BCUT2D eigenvalue weighted by atomic mass is 35.5. The number of carbonyl (C=O) groups excluding carboxylic acids is 2. The van der Waals surface area contributed by atoms with Gasteiger partial charge in [-0.3, -0.25) is 9.59 Å². The maximum Gasteiger partial charge on any atom is 0.337 e. The number of amides is 1. The Bertz CT molecular complexity index is 1230. The molecule has 3 aromatic rings. The lowest BCUT2D eigenvalue weighted by Crippen LogP contribution is -2.35. The zero-order chi connectivity index (χ0) is 22.3. The summed E-state index contributed by atoms with van der Waals surface area (Å²) in [7, 11) is 5.13. The van der Waals surface area contributed by atoms with E-state index in [1.807, 2.05) is 19.0 Å². The van der Waals surface area contributed by atoms with Crippen LogP contribution in [0.5, 0.6) is 0 Å². The van der Waals surface area contributed by atoms with E-state index in [9.17, 15) is 14.4 Å². The first-order valence-electron chi connectivity index (χ1n) is 9.72. The van der Waals surface area contributed by atoms with Gasteiger partial charge in [0.15, 0.2) is 5.43 Å². The number of esters is 1. The lowest BCUT2D eigenvalue weighted by Gasteiger charge is -2.26. The van der Waals surface area contributed by atoms with E-state index >= 15 is 0 Å². The van der Waals surface area contributed by atoms with Gasteiger partial charge in [-0.2, -0.15) is 0 Å². The maximum atomic E-state index is 13.4. The Labute approximate surface area is 183 Å². The number of nitrogens with zero attached hydrogens (tertiary/aromatic N) is 2. The van der Waals surface area contributed by atoms with E-state index in [2.05, 4.69) is 0 Å². The Hall–Kier alpha value is -3.16. The van der Waals surface area contributed by atoms with Crippen molar-refractivity contribution in [1.29, 1.82) is 0 Å². The monoisotopic (exact) mass is 440 g/mol. The third-order valence-corrected chi connectivity index (χ3v) is 5.60. The first-order valence-corrected chi connectivity index (χ1v) is 10.1. The van der Waals surface area contributed by atoms with E-state index in [1.54, 1.807) is 47.4 Å². The molecule has 0 saturated heterocycles. The number of halogens is 1. The van der Waals surface area contributed by atoms with E-state index in [-0.39, 0.29) is 22.7 Å². The summed E-state index contributed by atoms with van der Waals surface area (Å²) >= 11 is 6.09. The lowest BCUT2D eigenvalue weighted by molar-refractivity contribution is 0.0599. The second kappa shape index (κ2) is 8.17. The van der Waals surface area contributed by atoms with Crippen LogP contribution in [0.25, 0.3) is 11.0 Å². The van der Waals surface area contributed by atoms with Crippen molar-refractivity contribution < 1.29 is 18.7 Å². The number of hydrogen-bond donors (Lipinski definition) is 0. The van der Waals surface area contributed by atoms with Crippen LogP contribution in [-0.2, 0) is 4.74 Å². The van der Waals surface area contributed by atoms with Crippen molar-refractivity contribution in [2.24, 2.45) is 0 Å². The summed E-state index contributed by atoms with van der Waals surface area (Å²) in [5, 5.41) is 0.734. The quantitative estimate of drug-likeness (QED) is 0.566. The van der Waals surface area contributed by atoms with Crippen LogP contribution in [0.4, 0.5) is 0 Å². The van der Waals surface area contributed by atoms with Crippen molar-refractivity contribution >= 4 is 34.4 Å². The Balaban J connectivity index is 1.89. The standard InChI is InChI=1S/C23H21ClN2O5/c1-25(2)10-11-26-19(13-4-6-14(7-5-13)23(29)30-3)18-20(27)16-12-15(24)8-9-17(16)31-21(18)22(26)28/h4-9,12,19H,10-11H2,1-3H3. The van der Waals surface area contributed by atoms with Crippen LogP contribution in [0.15, 0.2) is 51.7 Å². The van der Waals surface area contributed by atoms with Gasteiger partial charge in [0, 0.05) is 18.1 Å². The second-order valence-corrected chi connectivity index (χ2v) is 8.07. The van der Waals surface area contributed by atoms with Gasteiger partial charge in [-0.15, -0.1) is 0 Å². The van der Waals surface area contributed by atoms with Gasteiger partial charge >= 0.3 is 5.97 Å². The van der Waals surface area contributed by atoms with Crippen molar-refractivity contribution in [3.05, 3.63) is 80.2 Å². The molecule has 1 unspecified atom stereocenters. The molecule has 4 rings (SSSR count). The predicted octanol–water partition coefficient (Wildman–Crippen LogP) is 3.34. The first-order chi connectivity index (χ1) is 14.8. The summed E-state index contributed by atoms with van der Waals surface area (Å²) in [6.07, 6.45) is 0. The van der Waals surface area contributed by atoms with Gasteiger partial charge < -0.3 is 19.0 Å². The molecule has 2 aromatic carbocycles. The van der Waals surface area contributed by atoms with Crippen LogP contribution in [0.2, 0.25) is 5.02 Å². The summed E-state index contributed by atoms with van der Waals surface area (Å²) in [4.78, 5) is 42.1. The molecular weight excluding hydrogens is 420 g/mol. The largest absolute Gasteiger partial charge is 0.465 e. The third kappa shape index (κ3) is 3.71. The van der Waals surface area contributed by atoms with Crippen molar-refractivity contribution in [2.45, 2.75) is 6.04 Å². The maximum absolute atomic E-state index is 13.4. The minimum absolute atomic E-state index is 0.0422. The van der Waals surface area contributed by atoms with Crippen LogP contribution >= 0.6 is 11.6 Å². The normalized spacial score (nSPS) is 15.6. The number of carbonyl (C=O) groups is 2. The van der Waals surface area contributed by atoms with Gasteiger partial charge in [0.05, 0.1) is 29.7 Å². The topological polar surface area (TPSA) is 80.1 Å². The molecule has 160 valence electrons. The molecule has 1 aromatic heterocycles. The first kappa shape index (κ1) is 21.1. The Morgan fingerprint density at radius 1 is 1.16 bits per heavy atom. The van der Waals surface area contributed by atoms with Gasteiger partial charge in [-0.1, -0.05) is 23.7 Å². The van der Waals surface area contributed by atoms with E-state index < -0.39 is 12.0 Å². The fraction of sp³-hybridized carbons (Fsp3) is 0.261. The van der Waals surface area contributed by atoms with Crippen molar-refractivity contribution in [2.75, 3.05) is 34.3 Å². The fourth-order valence-electron chi connectivity index (χ4n) is 3.80. The highest BCUT2D eigenvalue weighted by Gasteiger charge is 2.42. The number of ether oxygens (including phenoxy) is 1. The van der Waals surface area contributed by atoms with Crippen LogP contribution in [0.1, 0.15) is 38.1 Å². The molecule has 0 fully saturated rings. The Morgan fingerprint density at radius 2 is 1.87 bits per heavy atom. The number of rotatable bonds is 5. The average molecular weight is 441 g/mol. The zero-order valence-corrected chi connectivity index (χ0v) is 18.1. The Kier molecular flexibility index (Phi) is 5.56. The zero-order valence-electron chi connectivity index (χ0n) is 17.3. The van der Waals surface area contributed by atoms with Gasteiger partial charge in [-0.25, -0.2) is 4.79 Å². The van der Waals surface area contributed by atoms with Crippen LogP contribution < -0.4 is 5.43 Å². The molecule has 1 atom stereocenters. The Morgan fingerprint density at radius 3 is 2.52 bits per heavy atom. The van der Waals surface area contributed by atoms with Gasteiger partial charge in [-0.05, 0) is 50.0 Å². The number of methoxy groups -OCH3 is 1. The molecule has 1 aliphatic heterocycles.